The van der Waals surface area contributed by atoms with Gasteiger partial charge in [-0.1, -0.05) is 6.07 Å². The standard InChI is InChI=1S/C22H22N4O3/c23-22-19-13-18(9-4-15(19)10-11-24-22)29-14-20(27)25-16-5-7-17(8-6-16)26-12-2-1-3-21(26)28/h4-11,13H,1-3,12,14H2,(H2,23,24)(H,25,27). The van der Waals surface area contributed by atoms with Crippen LogP contribution in [0.3, 0.4) is 0 Å². The van der Waals surface area contributed by atoms with E-state index in [-0.39, 0.29) is 18.4 Å². The van der Waals surface area contributed by atoms with Crippen LogP contribution in [0.2, 0.25) is 0 Å². The molecule has 1 saturated heterocycles. The molecule has 2 amide bonds. The Morgan fingerprint density at radius 3 is 2.76 bits per heavy atom. The molecule has 0 saturated carbocycles. The van der Waals surface area contributed by atoms with Crippen LogP contribution in [0, 0.1) is 0 Å². The Labute approximate surface area is 168 Å². The number of aromatic nitrogens is 1. The van der Waals surface area contributed by atoms with Crippen LogP contribution in [0.1, 0.15) is 19.3 Å². The molecular weight excluding hydrogens is 368 g/mol. The summed E-state index contributed by atoms with van der Waals surface area (Å²) >= 11 is 0. The Morgan fingerprint density at radius 1 is 1.14 bits per heavy atom. The van der Waals surface area contributed by atoms with Crippen molar-refractivity contribution in [2.75, 3.05) is 29.1 Å². The molecular formula is C22H22N4O3. The van der Waals surface area contributed by atoms with Gasteiger partial charge in [-0.15, -0.1) is 0 Å². The van der Waals surface area contributed by atoms with Gasteiger partial charge in [-0.3, -0.25) is 9.59 Å². The summed E-state index contributed by atoms with van der Waals surface area (Å²) in [5.74, 6) is 0.842. The van der Waals surface area contributed by atoms with E-state index in [1.165, 1.54) is 0 Å². The first-order valence-electron chi connectivity index (χ1n) is 9.57. The lowest BCUT2D eigenvalue weighted by Gasteiger charge is -2.26. The van der Waals surface area contributed by atoms with Crippen molar-refractivity contribution in [3.05, 3.63) is 54.7 Å². The lowest BCUT2D eigenvalue weighted by Crippen LogP contribution is -2.35. The number of fused-ring (bicyclic) bond motifs is 1. The molecule has 29 heavy (non-hydrogen) atoms. The smallest absolute Gasteiger partial charge is 0.262 e. The van der Waals surface area contributed by atoms with Crippen LogP contribution < -0.4 is 20.7 Å². The number of nitrogens with one attached hydrogen (secondary N) is 1. The van der Waals surface area contributed by atoms with E-state index in [9.17, 15) is 9.59 Å². The molecule has 2 heterocycles. The quantitative estimate of drug-likeness (QED) is 0.696. The molecule has 3 aromatic rings. The van der Waals surface area contributed by atoms with E-state index in [1.807, 2.05) is 24.3 Å². The van der Waals surface area contributed by atoms with Crippen LogP contribution in [0.15, 0.2) is 54.7 Å². The van der Waals surface area contributed by atoms with Crippen LogP contribution >= 0.6 is 0 Å². The van der Waals surface area contributed by atoms with Gasteiger partial charge in [0.05, 0.1) is 0 Å². The number of nitrogens with zero attached hydrogens (tertiary/aromatic N) is 2. The molecule has 0 spiro atoms. The molecule has 0 aliphatic carbocycles. The fraction of sp³-hybridized carbons (Fsp3) is 0.227. The molecule has 0 unspecified atom stereocenters. The predicted octanol–water partition coefficient (Wildman–Crippen LogP) is 3.35. The minimum atomic E-state index is -0.272. The monoisotopic (exact) mass is 390 g/mol. The summed E-state index contributed by atoms with van der Waals surface area (Å²) in [5.41, 5.74) is 7.39. The van der Waals surface area contributed by atoms with Crippen LogP contribution in [0.5, 0.6) is 5.75 Å². The lowest BCUT2D eigenvalue weighted by molar-refractivity contribution is -0.119. The predicted molar refractivity (Wildman–Crippen MR) is 113 cm³/mol. The molecule has 7 heteroatoms. The third-order valence-electron chi connectivity index (χ3n) is 4.92. The molecule has 0 bridgehead atoms. The topological polar surface area (TPSA) is 97.6 Å². The van der Waals surface area contributed by atoms with Gasteiger partial charge in [0.25, 0.3) is 5.91 Å². The van der Waals surface area contributed by atoms with Gasteiger partial charge >= 0.3 is 0 Å². The molecule has 4 rings (SSSR count). The number of benzene rings is 2. The number of anilines is 3. The fourth-order valence-corrected chi connectivity index (χ4v) is 3.41. The first kappa shape index (κ1) is 18.7. The molecule has 2 aromatic carbocycles. The maximum atomic E-state index is 12.2. The highest BCUT2D eigenvalue weighted by Gasteiger charge is 2.19. The van der Waals surface area contributed by atoms with Crippen molar-refractivity contribution in [1.82, 2.24) is 4.98 Å². The second kappa shape index (κ2) is 8.18. The Balaban J connectivity index is 1.35. The minimum absolute atomic E-state index is 0.127. The third-order valence-corrected chi connectivity index (χ3v) is 4.92. The largest absolute Gasteiger partial charge is 0.484 e. The molecule has 1 aliphatic rings. The van der Waals surface area contributed by atoms with E-state index >= 15 is 0 Å². The second-order valence-electron chi connectivity index (χ2n) is 6.97. The van der Waals surface area contributed by atoms with Crippen LogP contribution in [-0.2, 0) is 9.59 Å². The van der Waals surface area contributed by atoms with Crippen LogP contribution in [0.4, 0.5) is 17.2 Å². The summed E-state index contributed by atoms with van der Waals surface area (Å²) in [7, 11) is 0. The van der Waals surface area contributed by atoms with Crippen molar-refractivity contribution < 1.29 is 14.3 Å². The summed E-state index contributed by atoms with van der Waals surface area (Å²) in [5, 5.41) is 4.54. The van der Waals surface area contributed by atoms with E-state index in [0.29, 0.717) is 23.7 Å². The van der Waals surface area contributed by atoms with E-state index in [1.54, 1.807) is 35.4 Å². The van der Waals surface area contributed by atoms with Crippen molar-refractivity contribution in [3.8, 4) is 5.75 Å². The number of piperidine rings is 1. The van der Waals surface area contributed by atoms with Crippen molar-refractivity contribution >= 4 is 39.8 Å². The number of rotatable bonds is 5. The van der Waals surface area contributed by atoms with E-state index in [4.69, 9.17) is 10.5 Å². The van der Waals surface area contributed by atoms with Gasteiger partial charge in [0, 0.05) is 35.9 Å². The number of pyridine rings is 1. The fourth-order valence-electron chi connectivity index (χ4n) is 3.41. The van der Waals surface area contributed by atoms with Gasteiger partial charge < -0.3 is 20.7 Å². The molecule has 148 valence electrons. The Hall–Kier alpha value is -3.61. The Kier molecular flexibility index (Phi) is 5.29. The zero-order valence-corrected chi connectivity index (χ0v) is 15.9. The summed E-state index contributed by atoms with van der Waals surface area (Å²) in [6.45, 7) is 0.613. The average molecular weight is 390 g/mol. The zero-order valence-electron chi connectivity index (χ0n) is 15.9. The number of nitrogen functional groups attached to an aromatic ring is 1. The maximum Gasteiger partial charge on any atom is 0.262 e. The van der Waals surface area contributed by atoms with Crippen molar-refractivity contribution in [2.45, 2.75) is 19.3 Å². The van der Waals surface area contributed by atoms with Crippen LogP contribution in [-0.4, -0.2) is 29.9 Å². The highest BCUT2D eigenvalue weighted by Crippen LogP contribution is 2.25. The maximum absolute atomic E-state index is 12.2. The summed E-state index contributed by atoms with van der Waals surface area (Å²) < 4.78 is 5.59. The van der Waals surface area contributed by atoms with Gasteiger partial charge in [0.2, 0.25) is 5.91 Å². The molecule has 1 aliphatic heterocycles. The van der Waals surface area contributed by atoms with E-state index < -0.39 is 0 Å². The molecule has 0 atom stereocenters. The van der Waals surface area contributed by atoms with E-state index in [0.717, 1.165) is 35.8 Å². The SMILES string of the molecule is Nc1nccc2ccc(OCC(=O)Nc3ccc(N4CCCCC4=O)cc3)cc12. The highest BCUT2D eigenvalue weighted by atomic mass is 16.5. The number of hydrogen-bond donors (Lipinski definition) is 2. The lowest BCUT2D eigenvalue weighted by atomic mass is 10.1. The first-order chi connectivity index (χ1) is 14.1. The van der Waals surface area contributed by atoms with Gasteiger partial charge in [-0.2, -0.15) is 0 Å². The second-order valence-corrected chi connectivity index (χ2v) is 6.97. The number of carbonyl (C=O) groups is 2. The summed E-state index contributed by atoms with van der Waals surface area (Å²) in [6, 6.07) is 14.6. The van der Waals surface area contributed by atoms with Gasteiger partial charge in [-0.05, 0) is 60.7 Å². The number of carbonyl (C=O) groups excluding carboxylic acids is 2. The van der Waals surface area contributed by atoms with Crippen molar-refractivity contribution in [3.63, 3.8) is 0 Å². The van der Waals surface area contributed by atoms with Crippen molar-refractivity contribution in [1.29, 1.82) is 0 Å². The molecule has 7 nitrogen and oxygen atoms in total. The highest BCUT2D eigenvalue weighted by molar-refractivity contribution is 5.95. The Morgan fingerprint density at radius 2 is 1.97 bits per heavy atom. The summed E-state index contributed by atoms with van der Waals surface area (Å²) in [6.07, 6.45) is 4.20. The van der Waals surface area contributed by atoms with Gasteiger partial charge in [0.1, 0.15) is 11.6 Å². The average Bonchev–Trinajstić information content (AvgIpc) is 2.74. The number of ether oxygens (including phenoxy) is 1. The van der Waals surface area contributed by atoms with Crippen molar-refractivity contribution in [2.24, 2.45) is 0 Å². The summed E-state index contributed by atoms with van der Waals surface area (Å²) in [4.78, 5) is 30.1. The molecule has 3 N–H and O–H groups in total. The number of hydrogen-bond acceptors (Lipinski definition) is 5. The number of nitrogens with two attached hydrogens (primary N) is 1. The third kappa shape index (κ3) is 4.29. The van der Waals surface area contributed by atoms with Gasteiger partial charge in [-0.25, -0.2) is 4.98 Å². The normalized spacial score (nSPS) is 14.1. The van der Waals surface area contributed by atoms with E-state index in [2.05, 4.69) is 10.3 Å². The minimum Gasteiger partial charge on any atom is -0.484 e. The number of amides is 2. The molecule has 1 fully saturated rings. The molecule has 0 radical (unpaired) electrons. The Bertz CT molecular complexity index is 1050. The molecule has 1 aromatic heterocycles. The van der Waals surface area contributed by atoms with Gasteiger partial charge in [0.15, 0.2) is 6.61 Å². The first-order valence-corrected chi connectivity index (χ1v) is 9.57. The zero-order chi connectivity index (χ0) is 20.2. The van der Waals surface area contributed by atoms with Crippen LogP contribution in [0.25, 0.3) is 10.8 Å².